The van der Waals surface area contributed by atoms with Crippen molar-refractivity contribution >= 4 is 17.7 Å². The normalized spacial score (nSPS) is 17.9. The molecule has 2 heterocycles. The summed E-state index contributed by atoms with van der Waals surface area (Å²) in [5.41, 5.74) is 0.874. The number of carbonyl (C=O) groups is 3. The summed E-state index contributed by atoms with van der Waals surface area (Å²) in [7, 11) is 0. The van der Waals surface area contributed by atoms with Gasteiger partial charge in [0.05, 0.1) is 17.0 Å². The van der Waals surface area contributed by atoms with Gasteiger partial charge in [-0.25, -0.2) is 0 Å². The van der Waals surface area contributed by atoms with Crippen molar-refractivity contribution in [3.8, 4) is 0 Å². The SMILES string of the molecule is O=C(NCCN1C(=O)c2ccccc2C1=O)C1CNC1. The monoisotopic (exact) mass is 273 g/mol. The van der Waals surface area contributed by atoms with Crippen molar-refractivity contribution in [3.63, 3.8) is 0 Å². The molecule has 0 aliphatic carbocycles. The van der Waals surface area contributed by atoms with E-state index in [1.54, 1.807) is 24.3 Å². The lowest BCUT2D eigenvalue weighted by molar-refractivity contribution is -0.126. The molecular formula is C14H15N3O3. The first-order valence-corrected chi connectivity index (χ1v) is 6.62. The zero-order valence-corrected chi connectivity index (χ0v) is 10.9. The van der Waals surface area contributed by atoms with Gasteiger partial charge in [-0.15, -0.1) is 0 Å². The van der Waals surface area contributed by atoms with E-state index in [0.29, 0.717) is 30.8 Å². The van der Waals surface area contributed by atoms with Gasteiger partial charge in [0.25, 0.3) is 11.8 Å². The van der Waals surface area contributed by atoms with Crippen LogP contribution in [0.3, 0.4) is 0 Å². The average Bonchev–Trinajstić information content (AvgIpc) is 2.62. The molecular weight excluding hydrogens is 258 g/mol. The van der Waals surface area contributed by atoms with Crippen molar-refractivity contribution in [1.29, 1.82) is 0 Å². The summed E-state index contributed by atoms with van der Waals surface area (Å²) < 4.78 is 0. The molecule has 0 aromatic heterocycles. The van der Waals surface area contributed by atoms with Crippen molar-refractivity contribution in [2.75, 3.05) is 26.2 Å². The van der Waals surface area contributed by atoms with E-state index >= 15 is 0 Å². The number of carbonyl (C=O) groups excluding carboxylic acids is 3. The molecule has 20 heavy (non-hydrogen) atoms. The number of imide groups is 1. The molecule has 2 aliphatic heterocycles. The molecule has 1 aromatic rings. The minimum Gasteiger partial charge on any atom is -0.354 e. The predicted molar refractivity (Wildman–Crippen MR) is 71.2 cm³/mol. The molecule has 0 radical (unpaired) electrons. The van der Waals surface area contributed by atoms with Crippen LogP contribution >= 0.6 is 0 Å². The standard InChI is InChI=1S/C14H15N3O3/c18-12(9-7-15-8-9)16-5-6-17-13(19)10-3-1-2-4-11(10)14(17)20/h1-4,9,15H,5-8H2,(H,16,18). The van der Waals surface area contributed by atoms with Crippen LogP contribution in [0.25, 0.3) is 0 Å². The number of nitrogens with one attached hydrogen (secondary N) is 2. The highest BCUT2D eigenvalue weighted by atomic mass is 16.2. The topological polar surface area (TPSA) is 78.5 Å². The summed E-state index contributed by atoms with van der Waals surface area (Å²) in [6.45, 7) is 1.89. The Bertz CT molecular complexity index is 546. The molecule has 104 valence electrons. The highest BCUT2D eigenvalue weighted by molar-refractivity contribution is 6.21. The minimum atomic E-state index is -0.287. The number of hydrogen-bond acceptors (Lipinski definition) is 4. The van der Waals surface area contributed by atoms with E-state index in [0.717, 1.165) is 0 Å². The van der Waals surface area contributed by atoms with Crippen LogP contribution in [0.15, 0.2) is 24.3 Å². The highest BCUT2D eigenvalue weighted by Crippen LogP contribution is 2.21. The summed E-state index contributed by atoms with van der Waals surface area (Å²) >= 11 is 0. The third-order valence-electron chi connectivity index (χ3n) is 3.67. The van der Waals surface area contributed by atoms with E-state index < -0.39 is 0 Å². The lowest BCUT2D eigenvalue weighted by Gasteiger charge is -2.26. The Balaban J connectivity index is 1.58. The summed E-state index contributed by atoms with van der Waals surface area (Å²) in [6, 6.07) is 6.76. The zero-order chi connectivity index (χ0) is 14.1. The lowest BCUT2D eigenvalue weighted by Crippen LogP contribution is -2.51. The largest absolute Gasteiger partial charge is 0.354 e. The Morgan fingerprint density at radius 1 is 1.20 bits per heavy atom. The van der Waals surface area contributed by atoms with Gasteiger partial charge in [0.1, 0.15) is 0 Å². The third kappa shape index (κ3) is 2.08. The van der Waals surface area contributed by atoms with E-state index in [4.69, 9.17) is 0 Å². The molecule has 1 fully saturated rings. The van der Waals surface area contributed by atoms with Gasteiger partial charge < -0.3 is 10.6 Å². The van der Waals surface area contributed by atoms with Gasteiger partial charge >= 0.3 is 0 Å². The van der Waals surface area contributed by atoms with Crippen LogP contribution in [0.4, 0.5) is 0 Å². The second-order valence-electron chi connectivity index (χ2n) is 4.95. The summed E-state index contributed by atoms with van der Waals surface area (Å²) in [5.74, 6) is -0.590. The van der Waals surface area contributed by atoms with E-state index in [1.165, 1.54) is 4.90 Å². The van der Waals surface area contributed by atoms with Gasteiger partial charge in [-0.1, -0.05) is 12.1 Å². The van der Waals surface area contributed by atoms with Gasteiger partial charge in [0, 0.05) is 26.2 Å². The maximum Gasteiger partial charge on any atom is 0.261 e. The fourth-order valence-electron chi connectivity index (χ4n) is 2.35. The maximum absolute atomic E-state index is 12.1. The van der Waals surface area contributed by atoms with Crippen LogP contribution < -0.4 is 10.6 Å². The Morgan fingerprint density at radius 3 is 2.30 bits per heavy atom. The van der Waals surface area contributed by atoms with Gasteiger partial charge in [-0.3, -0.25) is 19.3 Å². The molecule has 3 amide bonds. The molecule has 1 saturated heterocycles. The zero-order valence-electron chi connectivity index (χ0n) is 10.9. The quantitative estimate of drug-likeness (QED) is 0.733. The molecule has 2 N–H and O–H groups in total. The van der Waals surface area contributed by atoms with Crippen molar-refractivity contribution in [2.45, 2.75) is 0 Å². The van der Waals surface area contributed by atoms with Crippen LogP contribution in [0.5, 0.6) is 0 Å². The molecule has 1 aromatic carbocycles. The highest BCUT2D eigenvalue weighted by Gasteiger charge is 2.34. The molecule has 0 atom stereocenters. The number of nitrogens with zero attached hydrogens (tertiary/aromatic N) is 1. The molecule has 6 heteroatoms. The fraction of sp³-hybridized carbons (Fsp3) is 0.357. The summed E-state index contributed by atoms with van der Waals surface area (Å²) in [6.07, 6.45) is 0. The van der Waals surface area contributed by atoms with Gasteiger partial charge in [0.2, 0.25) is 5.91 Å². The van der Waals surface area contributed by atoms with Crippen LogP contribution in [0.1, 0.15) is 20.7 Å². The fourth-order valence-corrected chi connectivity index (χ4v) is 2.35. The summed E-state index contributed by atoms with van der Waals surface area (Å²) in [5, 5.41) is 5.77. The second-order valence-corrected chi connectivity index (χ2v) is 4.95. The van der Waals surface area contributed by atoms with E-state index in [9.17, 15) is 14.4 Å². The first kappa shape index (κ1) is 12.8. The van der Waals surface area contributed by atoms with Crippen LogP contribution in [-0.4, -0.2) is 48.8 Å². The van der Waals surface area contributed by atoms with E-state index in [-0.39, 0.29) is 30.2 Å². The number of amides is 3. The smallest absolute Gasteiger partial charge is 0.261 e. The Hall–Kier alpha value is -2.21. The second kappa shape index (κ2) is 5.05. The minimum absolute atomic E-state index is 0.0113. The van der Waals surface area contributed by atoms with Crippen LogP contribution in [0, 0.1) is 5.92 Å². The Kier molecular flexibility index (Phi) is 3.23. The molecule has 0 unspecified atom stereocenters. The third-order valence-corrected chi connectivity index (χ3v) is 3.67. The lowest BCUT2D eigenvalue weighted by atomic mass is 10.0. The molecule has 0 saturated carbocycles. The number of rotatable bonds is 4. The molecule has 3 rings (SSSR count). The molecule has 2 aliphatic rings. The van der Waals surface area contributed by atoms with E-state index in [2.05, 4.69) is 10.6 Å². The predicted octanol–water partition coefficient (Wildman–Crippen LogP) is -0.382. The van der Waals surface area contributed by atoms with Crippen molar-refractivity contribution < 1.29 is 14.4 Å². The number of benzene rings is 1. The Morgan fingerprint density at radius 2 is 1.80 bits per heavy atom. The van der Waals surface area contributed by atoms with Crippen molar-refractivity contribution in [2.24, 2.45) is 5.92 Å². The molecule has 0 spiro atoms. The number of hydrogen-bond donors (Lipinski definition) is 2. The average molecular weight is 273 g/mol. The van der Waals surface area contributed by atoms with Gasteiger partial charge in [-0.05, 0) is 12.1 Å². The first-order valence-electron chi connectivity index (χ1n) is 6.62. The van der Waals surface area contributed by atoms with E-state index in [1.807, 2.05) is 0 Å². The Labute approximate surface area is 116 Å². The first-order chi connectivity index (χ1) is 9.68. The van der Waals surface area contributed by atoms with Gasteiger partial charge in [0.15, 0.2) is 0 Å². The molecule has 0 bridgehead atoms. The van der Waals surface area contributed by atoms with Crippen molar-refractivity contribution in [3.05, 3.63) is 35.4 Å². The van der Waals surface area contributed by atoms with Gasteiger partial charge in [-0.2, -0.15) is 0 Å². The molecule has 6 nitrogen and oxygen atoms in total. The van der Waals surface area contributed by atoms with Crippen molar-refractivity contribution in [1.82, 2.24) is 15.5 Å². The van der Waals surface area contributed by atoms with Crippen LogP contribution in [0.2, 0.25) is 0 Å². The maximum atomic E-state index is 12.1. The van der Waals surface area contributed by atoms with Crippen LogP contribution in [-0.2, 0) is 4.79 Å². The summed E-state index contributed by atoms with van der Waals surface area (Å²) in [4.78, 5) is 37.0. The number of fused-ring (bicyclic) bond motifs is 1.